The second-order valence-electron chi connectivity index (χ2n) is 6.07. The molecule has 1 atom stereocenters. The monoisotopic (exact) mass is 349 g/mol. The summed E-state index contributed by atoms with van der Waals surface area (Å²) in [6, 6.07) is 0. The first-order valence-corrected chi connectivity index (χ1v) is 8.48. The number of halogens is 3. The fraction of sp³-hybridized carbons (Fsp3) is 0.733. The summed E-state index contributed by atoms with van der Waals surface area (Å²) in [5.74, 6) is 0.464. The van der Waals surface area contributed by atoms with Crippen LogP contribution in [0.4, 0.5) is 13.2 Å². The normalized spacial score (nSPS) is 17.9. The van der Waals surface area contributed by atoms with E-state index in [1.165, 1.54) is 0 Å². The lowest BCUT2D eigenvalue weighted by Crippen LogP contribution is -2.25. The van der Waals surface area contributed by atoms with E-state index in [0.717, 1.165) is 42.5 Å². The molecule has 8 heteroatoms. The second-order valence-corrected chi connectivity index (χ2v) is 6.60. The number of aromatic nitrogens is 2. The van der Waals surface area contributed by atoms with E-state index in [1.807, 2.05) is 6.92 Å². The fourth-order valence-electron chi connectivity index (χ4n) is 2.45. The molecule has 2 rings (SSSR count). The highest BCUT2D eigenvalue weighted by molar-refractivity contribution is 6.99. The summed E-state index contributed by atoms with van der Waals surface area (Å²) in [7, 11) is 2.05. The molecule has 0 saturated carbocycles. The number of hydrogen-bond donors (Lipinski definition) is 0. The molecule has 0 amide bonds. The largest absolute Gasteiger partial charge is 0.475 e. The summed E-state index contributed by atoms with van der Waals surface area (Å²) in [6.07, 6.45) is -0.999. The lowest BCUT2D eigenvalue weighted by Gasteiger charge is -2.22. The molecule has 0 bridgehead atoms. The van der Waals surface area contributed by atoms with Crippen LogP contribution in [0.25, 0.3) is 5.57 Å². The Morgan fingerprint density at radius 2 is 2.13 bits per heavy atom. The van der Waals surface area contributed by atoms with Gasteiger partial charge in [-0.3, -0.25) is 0 Å². The fourth-order valence-corrected chi connectivity index (χ4v) is 2.98. The maximum absolute atomic E-state index is 12.2. The van der Waals surface area contributed by atoms with Crippen LogP contribution in [0.2, 0.25) is 0 Å². The number of nitrogens with zero attached hydrogens (tertiary/aromatic N) is 3. The Morgan fingerprint density at radius 1 is 1.35 bits per heavy atom. The van der Waals surface area contributed by atoms with E-state index in [2.05, 4.69) is 26.8 Å². The van der Waals surface area contributed by atoms with Crippen molar-refractivity contribution in [3.05, 3.63) is 11.8 Å². The highest BCUT2D eigenvalue weighted by Crippen LogP contribution is 2.28. The van der Waals surface area contributed by atoms with Crippen molar-refractivity contribution >= 4 is 17.3 Å². The van der Waals surface area contributed by atoms with Crippen LogP contribution in [0.5, 0.6) is 5.88 Å². The van der Waals surface area contributed by atoms with E-state index >= 15 is 0 Å². The molecule has 2 heterocycles. The Balaban J connectivity index is 1.81. The Labute approximate surface area is 138 Å². The average Bonchev–Trinajstić information content (AvgIpc) is 2.93. The molecule has 4 nitrogen and oxygen atoms in total. The molecule has 0 aromatic carbocycles. The lowest BCUT2D eigenvalue weighted by atomic mass is 10.0. The van der Waals surface area contributed by atoms with Gasteiger partial charge in [0.25, 0.3) is 5.88 Å². The maximum atomic E-state index is 12.2. The van der Waals surface area contributed by atoms with Gasteiger partial charge in [-0.15, -0.1) is 4.37 Å². The van der Waals surface area contributed by atoms with Crippen molar-refractivity contribution in [1.29, 1.82) is 0 Å². The summed E-state index contributed by atoms with van der Waals surface area (Å²) in [6.45, 7) is 4.01. The molecule has 1 aromatic heterocycles. The standard InChI is InChI=1S/C15H22F3N3OS/c1-11(5-7-15(16,17)18)6-9-22-14-13(19-23-20-14)12-4-3-8-21(2)10-12/h4,11H,3,5-10H2,1-2H3. The Bertz CT molecular complexity index is 530. The number of likely N-dealkylation sites (N-methyl/N-ethyl adjacent to an activating group) is 1. The number of ether oxygens (including phenoxy) is 1. The SMILES string of the molecule is CC(CCOc1nsnc1C1=CCCN(C)C1)CCC(F)(F)F. The van der Waals surface area contributed by atoms with Crippen LogP contribution in [0.15, 0.2) is 6.08 Å². The van der Waals surface area contributed by atoms with E-state index in [0.29, 0.717) is 18.9 Å². The number of hydrogen-bond acceptors (Lipinski definition) is 5. The molecule has 1 unspecified atom stereocenters. The number of alkyl halides is 3. The van der Waals surface area contributed by atoms with Crippen LogP contribution in [-0.2, 0) is 0 Å². The zero-order valence-corrected chi connectivity index (χ0v) is 14.2. The molecule has 23 heavy (non-hydrogen) atoms. The Morgan fingerprint density at radius 3 is 2.83 bits per heavy atom. The minimum atomic E-state index is -4.08. The van der Waals surface area contributed by atoms with Crippen molar-refractivity contribution in [2.45, 2.75) is 38.8 Å². The van der Waals surface area contributed by atoms with Gasteiger partial charge in [-0.2, -0.15) is 17.5 Å². The van der Waals surface area contributed by atoms with Crippen LogP contribution in [0.3, 0.4) is 0 Å². The van der Waals surface area contributed by atoms with Gasteiger partial charge >= 0.3 is 6.18 Å². The molecule has 130 valence electrons. The van der Waals surface area contributed by atoms with E-state index in [-0.39, 0.29) is 12.3 Å². The van der Waals surface area contributed by atoms with Crippen LogP contribution in [0.1, 0.15) is 38.3 Å². The van der Waals surface area contributed by atoms with Crippen molar-refractivity contribution in [2.75, 3.05) is 26.7 Å². The average molecular weight is 349 g/mol. The van der Waals surface area contributed by atoms with Crippen LogP contribution < -0.4 is 4.74 Å². The van der Waals surface area contributed by atoms with Gasteiger partial charge in [-0.1, -0.05) is 13.0 Å². The Hall–Kier alpha value is -1.15. The summed E-state index contributed by atoms with van der Waals surface area (Å²) < 4.78 is 50.7. The summed E-state index contributed by atoms with van der Waals surface area (Å²) in [5, 5.41) is 0. The predicted octanol–water partition coefficient (Wildman–Crippen LogP) is 4.00. The van der Waals surface area contributed by atoms with Crippen molar-refractivity contribution in [3.63, 3.8) is 0 Å². The van der Waals surface area contributed by atoms with Crippen molar-refractivity contribution in [3.8, 4) is 5.88 Å². The molecule has 0 spiro atoms. The molecule has 0 N–H and O–H groups in total. The van der Waals surface area contributed by atoms with Gasteiger partial charge < -0.3 is 9.64 Å². The zero-order valence-electron chi connectivity index (χ0n) is 13.4. The number of rotatable bonds is 7. The highest BCUT2D eigenvalue weighted by atomic mass is 32.1. The van der Waals surface area contributed by atoms with Gasteiger partial charge in [0.15, 0.2) is 0 Å². The minimum Gasteiger partial charge on any atom is -0.475 e. The minimum absolute atomic E-state index is 0.0355. The van der Waals surface area contributed by atoms with E-state index in [9.17, 15) is 13.2 Å². The molecule has 1 aromatic rings. The first-order valence-electron chi connectivity index (χ1n) is 7.75. The van der Waals surface area contributed by atoms with Crippen LogP contribution >= 0.6 is 11.7 Å². The lowest BCUT2D eigenvalue weighted by molar-refractivity contribution is -0.137. The van der Waals surface area contributed by atoms with E-state index < -0.39 is 12.6 Å². The van der Waals surface area contributed by atoms with Gasteiger partial charge in [-0.05, 0) is 37.8 Å². The molecule has 1 aliphatic heterocycles. The quantitative estimate of drug-likeness (QED) is 0.746. The highest BCUT2D eigenvalue weighted by Gasteiger charge is 2.27. The second kappa shape index (κ2) is 8.10. The van der Waals surface area contributed by atoms with Gasteiger partial charge in [0.1, 0.15) is 5.69 Å². The van der Waals surface area contributed by atoms with Crippen molar-refractivity contribution in [1.82, 2.24) is 13.6 Å². The summed E-state index contributed by atoms with van der Waals surface area (Å²) in [4.78, 5) is 2.21. The van der Waals surface area contributed by atoms with Gasteiger partial charge in [-0.25, -0.2) is 0 Å². The third-order valence-electron chi connectivity index (χ3n) is 3.87. The zero-order chi connectivity index (χ0) is 16.9. The molecule has 0 saturated heterocycles. The third kappa shape index (κ3) is 6.10. The molecule has 1 aliphatic rings. The van der Waals surface area contributed by atoms with E-state index in [4.69, 9.17) is 4.74 Å². The van der Waals surface area contributed by atoms with Crippen molar-refractivity contribution in [2.24, 2.45) is 5.92 Å². The summed E-state index contributed by atoms with van der Waals surface area (Å²) in [5.41, 5.74) is 1.87. The maximum Gasteiger partial charge on any atom is 0.389 e. The van der Waals surface area contributed by atoms with Crippen LogP contribution in [0, 0.1) is 5.92 Å². The topological polar surface area (TPSA) is 38.3 Å². The van der Waals surface area contributed by atoms with Crippen molar-refractivity contribution < 1.29 is 17.9 Å². The van der Waals surface area contributed by atoms with E-state index in [1.54, 1.807) is 0 Å². The molecule has 0 radical (unpaired) electrons. The van der Waals surface area contributed by atoms with Gasteiger partial charge in [0.05, 0.1) is 18.3 Å². The van der Waals surface area contributed by atoms with Gasteiger partial charge in [0, 0.05) is 19.5 Å². The molecule has 0 aliphatic carbocycles. The predicted molar refractivity (Wildman–Crippen MR) is 84.6 cm³/mol. The first kappa shape index (κ1) is 18.2. The third-order valence-corrected chi connectivity index (χ3v) is 4.39. The Kier molecular flexibility index (Phi) is 6.41. The van der Waals surface area contributed by atoms with Gasteiger partial charge in [0.2, 0.25) is 0 Å². The molecule has 0 fully saturated rings. The molecular weight excluding hydrogens is 327 g/mol. The molecular formula is C15H22F3N3OS. The summed E-state index contributed by atoms with van der Waals surface area (Å²) >= 11 is 1.10. The first-order chi connectivity index (χ1) is 10.8. The smallest absolute Gasteiger partial charge is 0.389 e. The van der Waals surface area contributed by atoms with Crippen LogP contribution in [-0.4, -0.2) is 46.6 Å².